The van der Waals surface area contributed by atoms with Gasteiger partial charge < -0.3 is 9.47 Å². The number of benzene rings is 1. The van der Waals surface area contributed by atoms with Crippen molar-refractivity contribution in [3.63, 3.8) is 0 Å². The number of nitrogens with zero attached hydrogens (tertiary/aromatic N) is 3. The summed E-state index contributed by atoms with van der Waals surface area (Å²) in [4.78, 5) is 18.6. The van der Waals surface area contributed by atoms with Gasteiger partial charge in [0.05, 0.1) is 17.3 Å². The zero-order valence-electron chi connectivity index (χ0n) is 15.1. The maximum atomic E-state index is 13.3. The largest absolute Gasteiger partial charge is 0.433 e. The fourth-order valence-corrected chi connectivity index (χ4v) is 3.69. The summed E-state index contributed by atoms with van der Waals surface area (Å²) >= 11 is 0. The molecule has 1 atom stereocenters. The van der Waals surface area contributed by atoms with Crippen molar-refractivity contribution in [3.8, 4) is 0 Å². The van der Waals surface area contributed by atoms with Gasteiger partial charge in [0, 0.05) is 25.0 Å². The van der Waals surface area contributed by atoms with E-state index in [1.54, 1.807) is 4.90 Å². The Kier molecular flexibility index (Phi) is 4.45. The van der Waals surface area contributed by atoms with Crippen molar-refractivity contribution in [2.24, 2.45) is 0 Å². The third-order valence-electron chi connectivity index (χ3n) is 5.02. The zero-order chi connectivity index (χ0) is 19.9. The summed E-state index contributed by atoms with van der Waals surface area (Å²) < 4.78 is 40.8. The molecule has 0 fully saturated rings. The van der Waals surface area contributed by atoms with Crippen LogP contribution < -0.4 is 0 Å². The summed E-state index contributed by atoms with van der Waals surface area (Å²) in [5, 5.41) is 0. The average Bonchev–Trinajstić information content (AvgIpc) is 3.15. The smallest absolute Gasteiger partial charge is 0.348 e. The summed E-state index contributed by atoms with van der Waals surface area (Å²) in [7, 11) is 0. The van der Waals surface area contributed by atoms with Crippen LogP contribution in [0.5, 0.6) is 0 Å². The molecule has 1 amide bonds. The molecular weight excluding hydrogens is 367 g/mol. The minimum absolute atomic E-state index is 0.0765. The average molecular weight is 385 g/mol. The summed E-state index contributed by atoms with van der Waals surface area (Å²) in [6.07, 6.45) is -2.57. The molecule has 1 aliphatic rings. The number of rotatable bonds is 2. The first-order chi connectivity index (χ1) is 13.4. The lowest BCUT2D eigenvalue weighted by molar-refractivity contribution is -0.141. The van der Waals surface area contributed by atoms with Crippen molar-refractivity contribution in [2.75, 3.05) is 6.54 Å². The molecule has 4 rings (SSSR count). The molecule has 28 heavy (non-hydrogen) atoms. The molecule has 1 unspecified atom stereocenters. The van der Waals surface area contributed by atoms with E-state index in [1.807, 2.05) is 48.7 Å². The Bertz CT molecular complexity index is 1010. The highest BCUT2D eigenvalue weighted by Gasteiger charge is 2.35. The Morgan fingerprint density at radius 2 is 1.79 bits per heavy atom. The fourth-order valence-electron chi connectivity index (χ4n) is 3.69. The van der Waals surface area contributed by atoms with Crippen LogP contribution in [0.3, 0.4) is 0 Å². The molecular formula is C21H18F3N3O. The van der Waals surface area contributed by atoms with Crippen LogP contribution in [0.25, 0.3) is 0 Å². The summed E-state index contributed by atoms with van der Waals surface area (Å²) in [6, 6.07) is 15.3. The van der Waals surface area contributed by atoms with Crippen molar-refractivity contribution in [3.05, 3.63) is 89.0 Å². The van der Waals surface area contributed by atoms with Gasteiger partial charge in [0.1, 0.15) is 5.69 Å². The van der Waals surface area contributed by atoms with Gasteiger partial charge in [-0.05, 0) is 36.8 Å². The molecule has 0 saturated heterocycles. The third-order valence-corrected chi connectivity index (χ3v) is 5.02. The van der Waals surface area contributed by atoms with Gasteiger partial charge in [0.2, 0.25) is 0 Å². The maximum absolute atomic E-state index is 13.3. The second-order valence-electron chi connectivity index (χ2n) is 6.77. The van der Waals surface area contributed by atoms with Gasteiger partial charge in [-0.2, -0.15) is 13.2 Å². The number of hydrogen-bond donors (Lipinski definition) is 0. The maximum Gasteiger partial charge on any atom is 0.433 e. The first kappa shape index (κ1) is 18.3. The Hall–Kier alpha value is -3.09. The van der Waals surface area contributed by atoms with Crippen molar-refractivity contribution < 1.29 is 18.0 Å². The van der Waals surface area contributed by atoms with Gasteiger partial charge in [-0.3, -0.25) is 4.79 Å². The zero-order valence-corrected chi connectivity index (χ0v) is 15.1. The molecule has 4 nitrogen and oxygen atoms in total. The van der Waals surface area contributed by atoms with Crippen LogP contribution in [-0.2, 0) is 12.7 Å². The number of amides is 1. The number of pyridine rings is 1. The first-order valence-corrected chi connectivity index (χ1v) is 8.92. The van der Waals surface area contributed by atoms with Gasteiger partial charge in [-0.15, -0.1) is 0 Å². The van der Waals surface area contributed by atoms with E-state index in [9.17, 15) is 18.0 Å². The van der Waals surface area contributed by atoms with E-state index in [-0.39, 0.29) is 23.2 Å². The topological polar surface area (TPSA) is 38.1 Å². The van der Waals surface area contributed by atoms with Gasteiger partial charge in [0.25, 0.3) is 5.91 Å². The van der Waals surface area contributed by atoms with Gasteiger partial charge >= 0.3 is 6.18 Å². The van der Waals surface area contributed by atoms with Crippen molar-refractivity contribution in [2.45, 2.75) is 25.7 Å². The quantitative estimate of drug-likeness (QED) is 0.653. The minimum Gasteiger partial charge on any atom is -0.348 e. The van der Waals surface area contributed by atoms with Crippen LogP contribution in [0.2, 0.25) is 0 Å². The molecule has 0 spiro atoms. The molecule has 0 saturated carbocycles. The van der Waals surface area contributed by atoms with E-state index < -0.39 is 11.9 Å². The van der Waals surface area contributed by atoms with E-state index in [1.165, 1.54) is 13.0 Å². The second kappa shape index (κ2) is 6.82. The van der Waals surface area contributed by atoms with Gasteiger partial charge in [-0.1, -0.05) is 30.3 Å². The van der Waals surface area contributed by atoms with Gasteiger partial charge in [0.15, 0.2) is 0 Å². The highest BCUT2D eigenvalue weighted by Crippen LogP contribution is 2.34. The Labute approximate surface area is 160 Å². The molecule has 0 radical (unpaired) electrons. The highest BCUT2D eigenvalue weighted by atomic mass is 19.4. The Balaban J connectivity index is 1.74. The molecule has 144 valence electrons. The van der Waals surface area contributed by atoms with Crippen molar-refractivity contribution in [1.82, 2.24) is 14.5 Å². The summed E-state index contributed by atoms with van der Waals surface area (Å²) in [5.74, 6) is -0.319. The Morgan fingerprint density at radius 1 is 1.04 bits per heavy atom. The van der Waals surface area contributed by atoms with Crippen molar-refractivity contribution >= 4 is 5.91 Å². The summed E-state index contributed by atoms with van der Waals surface area (Å²) in [5.41, 5.74) is 1.20. The number of carbonyl (C=O) groups is 1. The van der Waals surface area contributed by atoms with Crippen LogP contribution in [0.15, 0.2) is 60.8 Å². The van der Waals surface area contributed by atoms with Crippen LogP contribution in [0, 0.1) is 6.92 Å². The number of aromatic nitrogens is 2. The highest BCUT2D eigenvalue weighted by molar-refractivity contribution is 5.95. The van der Waals surface area contributed by atoms with Crippen LogP contribution in [0.1, 0.15) is 39.0 Å². The predicted molar refractivity (Wildman–Crippen MR) is 97.7 cm³/mol. The lowest BCUT2D eigenvalue weighted by Crippen LogP contribution is -2.42. The molecule has 0 N–H and O–H groups in total. The molecule has 0 aliphatic carbocycles. The van der Waals surface area contributed by atoms with Crippen LogP contribution in [0.4, 0.5) is 13.2 Å². The molecule has 1 aliphatic heterocycles. The number of alkyl halides is 3. The minimum atomic E-state index is -4.54. The predicted octanol–water partition coefficient (Wildman–Crippen LogP) is 4.46. The molecule has 2 aromatic heterocycles. The first-order valence-electron chi connectivity index (χ1n) is 8.92. The van der Waals surface area contributed by atoms with E-state index in [2.05, 4.69) is 9.55 Å². The Morgan fingerprint density at radius 3 is 2.46 bits per heavy atom. The number of hydrogen-bond acceptors (Lipinski definition) is 2. The molecule has 1 aromatic carbocycles. The number of fused-ring (bicyclic) bond motifs is 1. The standard InChI is InChI=1S/C21H18F3N3O/c1-14-16(9-10-18(25-14)21(22,23)24)20(28)27-13-12-26-11-5-8-17(26)19(27)15-6-3-2-4-7-15/h2-11,19H,12-13H2,1H3. The molecule has 3 heterocycles. The van der Waals surface area contributed by atoms with Gasteiger partial charge in [-0.25, -0.2) is 4.98 Å². The lowest BCUT2D eigenvalue weighted by atomic mass is 9.98. The van der Waals surface area contributed by atoms with Crippen LogP contribution >= 0.6 is 0 Å². The number of carbonyl (C=O) groups excluding carboxylic acids is 1. The third kappa shape index (κ3) is 3.17. The number of halogens is 3. The number of aryl methyl sites for hydroxylation is 1. The lowest BCUT2D eigenvalue weighted by Gasteiger charge is -2.37. The fraction of sp³-hybridized carbons (Fsp3) is 0.238. The van der Waals surface area contributed by atoms with E-state index >= 15 is 0 Å². The summed E-state index contributed by atoms with van der Waals surface area (Å²) in [6.45, 7) is 2.53. The monoisotopic (exact) mass is 385 g/mol. The van der Waals surface area contributed by atoms with Crippen LogP contribution in [-0.4, -0.2) is 26.9 Å². The SMILES string of the molecule is Cc1nc(C(F)(F)F)ccc1C(=O)N1CCn2cccc2C1c1ccccc1. The second-order valence-corrected chi connectivity index (χ2v) is 6.77. The van der Waals surface area contributed by atoms with E-state index in [0.717, 1.165) is 17.3 Å². The van der Waals surface area contributed by atoms with E-state index in [0.29, 0.717) is 13.1 Å². The van der Waals surface area contributed by atoms with E-state index in [4.69, 9.17) is 0 Å². The molecule has 7 heteroatoms. The normalized spacial score (nSPS) is 16.7. The molecule has 3 aromatic rings. The molecule has 0 bridgehead atoms. The van der Waals surface area contributed by atoms with Crippen molar-refractivity contribution in [1.29, 1.82) is 0 Å².